The number of carbonyl (C=O) groups is 10. The summed E-state index contributed by atoms with van der Waals surface area (Å²) in [4.78, 5) is 121. The second kappa shape index (κ2) is 49.4. The molecule has 0 saturated carbocycles. The molecular weight excluding hydrogens is 1480 g/mol. The standard InChI is InChI=1S/C49H76N4O30.C10H18O6.6Na/c1-19(17-54)32(39(64)65)75-23(77-35-27(59)30(62)45(82-48(5,6)7)80-37(35)42(70)71)15-50-52-21(56)13-11-12-14-22(57)53-51-16-24(78-36-28(60)31(63)46(83-49(8,9)10)81-38(36)43(72)73)76-33(40(66)67)20(18-55)74-44-29(61)26(58)25(47(2,3)4)34(79-44)41(68)69;1-10(2,3)4-5(11)6(12)9(15)16-7(4)8(13)14;;;;;;/h15-20,23-38,44-46,58-63H,11-14H2,1-10H3,(H,52,56)(H,53,57)(H,64,65)(H,66,67)(H,68,69)(H,70,71)(H,72,73);4-7,9,11-12,15H,1-3H3,(H,13,14);;;;;;/q;;6*+1/p-6/b50-15+,51-16+;;;;;;;/t19?,20?,23?,24?,25-,26?,27?,28?,29-,30+,31-,32?,33?,34?,35+,36-,37?,38?,44+,45+,46-;4-,5?,6-,7?,9+;;;;;;/m10....../s1. The van der Waals surface area contributed by atoms with Gasteiger partial charge in [0.15, 0.2) is 44.0 Å². The molecule has 4 rings (SSSR count). The van der Waals surface area contributed by atoms with Crippen LogP contribution in [0.3, 0.4) is 0 Å². The molecule has 0 aromatic rings. The van der Waals surface area contributed by atoms with Gasteiger partial charge in [0, 0.05) is 30.6 Å². The summed E-state index contributed by atoms with van der Waals surface area (Å²) in [7, 11) is 0. The second-order valence-electron chi connectivity index (χ2n) is 27.4. The predicted molar refractivity (Wildman–Crippen MR) is 307 cm³/mol. The van der Waals surface area contributed by atoms with Crippen molar-refractivity contribution in [1.29, 1.82) is 0 Å². The number of aliphatic carboxylic acids is 6. The first-order valence-corrected chi connectivity index (χ1v) is 30.7. The summed E-state index contributed by atoms with van der Waals surface area (Å²) in [6.45, 7) is 19.8. The van der Waals surface area contributed by atoms with Gasteiger partial charge >= 0.3 is 177 Å². The number of hydrogen-bond acceptors (Lipinski definition) is 38. The molecule has 40 nitrogen and oxygen atoms in total. The van der Waals surface area contributed by atoms with Crippen LogP contribution in [0.5, 0.6) is 0 Å². The molecule has 4 saturated heterocycles. The Morgan fingerprint density at radius 2 is 0.762 bits per heavy atom. The third kappa shape index (κ3) is 34.3. The Labute approximate surface area is 736 Å². The van der Waals surface area contributed by atoms with E-state index in [9.17, 15) is 125 Å². The van der Waals surface area contributed by atoms with Gasteiger partial charge in [-0.3, -0.25) is 9.59 Å². The van der Waals surface area contributed by atoms with Crippen LogP contribution < -0.4 is 219 Å². The van der Waals surface area contributed by atoms with Crippen LogP contribution in [0.2, 0.25) is 0 Å². The molecule has 0 aromatic carbocycles. The van der Waals surface area contributed by atoms with Crippen LogP contribution >= 0.6 is 0 Å². The second-order valence-corrected chi connectivity index (χ2v) is 27.4. The number of rotatable bonds is 31. The van der Waals surface area contributed by atoms with E-state index >= 15 is 0 Å². The minimum atomic E-state index is -2.73. The fourth-order valence-electron chi connectivity index (χ4n) is 10.3. The Bertz CT molecular complexity index is 2820. The van der Waals surface area contributed by atoms with Crippen molar-refractivity contribution in [2.75, 3.05) is 0 Å². The summed E-state index contributed by atoms with van der Waals surface area (Å²) in [5.74, 6) is -17.2. The van der Waals surface area contributed by atoms with Gasteiger partial charge in [0.1, 0.15) is 97.8 Å². The number of unbranched alkanes of at least 4 members (excludes halogenated alkanes) is 1. The molecule has 46 heteroatoms. The van der Waals surface area contributed by atoms with E-state index in [1.54, 1.807) is 20.8 Å². The third-order valence-electron chi connectivity index (χ3n) is 15.0. The van der Waals surface area contributed by atoms with Gasteiger partial charge in [0.2, 0.25) is 11.8 Å². The Hall–Kier alpha value is -0.360. The number of aliphatic hydroxyl groups excluding tert-OH is 9. The smallest absolute Gasteiger partial charge is 0.547 e. The molecule has 2 amide bonds. The number of carbonyl (C=O) groups excluding carboxylic acids is 10. The maximum absolute atomic E-state index is 12.9. The maximum atomic E-state index is 12.9. The summed E-state index contributed by atoms with van der Waals surface area (Å²) >= 11 is 0. The fourth-order valence-corrected chi connectivity index (χ4v) is 10.3. The van der Waals surface area contributed by atoms with Crippen LogP contribution in [0.15, 0.2) is 10.2 Å². The Balaban J connectivity index is -0.00000204. The van der Waals surface area contributed by atoms with Crippen molar-refractivity contribution in [1.82, 2.24) is 10.9 Å². The summed E-state index contributed by atoms with van der Waals surface area (Å²) in [5, 5.41) is 173. The Morgan fingerprint density at radius 1 is 0.438 bits per heavy atom. The van der Waals surface area contributed by atoms with Crippen molar-refractivity contribution in [3.63, 3.8) is 0 Å². The van der Waals surface area contributed by atoms with Crippen molar-refractivity contribution in [2.24, 2.45) is 38.8 Å². The van der Waals surface area contributed by atoms with Gasteiger partial charge in [-0.15, -0.1) is 0 Å². The van der Waals surface area contributed by atoms with E-state index in [0.717, 1.165) is 6.92 Å². The van der Waals surface area contributed by atoms with Crippen molar-refractivity contribution in [3.8, 4) is 0 Å². The molecular formula is C59H88N4Na6O36. The number of nitrogens with zero attached hydrogens (tertiary/aromatic N) is 2. The first kappa shape index (κ1) is 111. The molecule has 0 spiro atoms. The number of nitrogens with one attached hydrogen (secondary N) is 2. The summed E-state index contributed by atoms with van der Waals surface area (Å²) in [6, 6.07) is 0. The van der Waals surface area contributed by atoms with Gasteiger partial charge in [-0.2, -0.15) is 10.2 Å². The molecule has 0 radical (unpaired) electrons. The molecule has 566 valence electrons. The SMILES string of the molecule is CC(C)(C)[C@@H]1C(C(=O)[O-])O[C@@H](O)[C@@H](O)C1O.CC(C=O)C(OC(/C=N/NC(=O)CCCCC(=O)N/N=C/C(OC(C(=O)[O-])C(C=O)O[C@H]1OC(C(=O)[O-])[C@H](C(C)(C)C)C(O)[C@H]1O)O[C@H]1C(C(=O)[O-])O[C@H](OC(C)(C)C)[C@H](O)C1O)O[C@@H]1C(C(=O)[O-])O[C@@H](OC(C)(C)C)[C@@H](O)C1O)C(=O)[O-].[Na+].[Na+].[Na+].[Na+].[Na+].[Na+]. The predicted octanol–water partition coefficient (Wildman–Crippen LogP) is -30.4. The van der Waals surface area contributed by atoms with Crippen LogP contribution in [0.4, 0.5) is 0 Å². The zero-order valence-corrected chi connectivity index (χ0v) is 74.1. The number of aliphatic hydroxyl groups is 9. The largest absolute Gasteiger partial charge is 1.00 e. The minimum Gasteiger partial charge on any atom is -0.547 e. The average molecular weight is 1570 g/mol. The minimum absolute atomic E-state index is 0. The number of amides is 2. The normalized spacial score (nSPS) is 30.9. The van der Waals surface area contributed by atoms with E-state index in [-0.39, 0.29) is 203 Å². The molecule has 0 aromatic heterocycles. The zero-order chi connectivity index (χ0) is 75.9. The van der Waals surface area contributed by atoms with E-state index < -0.39 is 242 Å². The summed E-state index contributed by atoms with van der Waals surface area (Å²) < 4.78 is 58.7. The maximum Gasteiger partial charge on any atom is 1.00 e. The Morgan fingerprint density at radius 3 is 1.08 bits per heavy atom. The Kier molecular flexibility index (Phi) is 52.2. The molecule has 4 heterocycles. The van der Waals surface area contributed by atoms with E-state index in [4.69, 9.17) is 52.1 Å². The third-order valence-corrected chi connectivity index (χ3v) is 15.0. The number of hydrazone groups is 2. The number of aldehydes is 2. The van der Waals surface area contributed by atoms with Crippen LogP contribution in [0, 0.1) is 28.6 Å². The van der Waals surface area contributed by atoms with Crippen molar-refractivity contribution >= 4 is 72.6 Å². The average Bonchev–Trinajstić information content (AvgIpc) is 0.540. The van der Waals surface area contributed by atoms with E-state index in [0.29, 0.717) is 12.4 Å². The van der Waals surface area contributed by atoms with Gasteiger partial charge in [0.25, 0.3) is 0 Å². The molecule has 105 heavy (non-hydrogen) atoms. The summed E-state index contributed by atoms with van der Waals surface area (Å²) in [6.07, 6.45) is -47.3. The molecule has 14 unspecified atom stereocenters. The van der Waals surface area contributed by atoms with Crippen LogP contribution in [0.1, 0.15) is 116 Å². The molecule has 26 atom stereocenters. The number of ether oxygens (including phenoxy) is 11. The van der Waals surface area contributed by atoms with Crippen molar-refractivity contribution in [2.45, 2.75) is 268 Å². The topological polar surface area (TPSA) is 641 Å². The van der Waals surface area contributed by atoms with Gasteiger partial charge in [-0.05, 0) is 65.2 Å². The monoisotopic (exact) mass is 1570 g/mol. The number of carboxylic acids is 6. The molecule has 0 aliphatic carbocycles. The first-order valence-electron chi connectivity index (χ1n) is 30.7. The number of hydrogen-bond donors (Lipinski definition) is 11. The fraction of sp³-hybridized carbons (Fsp3) is 0.797. The molecule has 11 N–H and O–H groups in total. The molecule has 4 aliphatic rings. The van der Waals surface area contributed by atoms with Gasteiger partial charge in [-0.1, -0.05) is 48.5 Å². The molecule has 4 fully saturated rings. The van der Waals surface area contributed by atoms with Crippen LogP contribution in [-0.4, -0.2) is 271 Å². The van der Waals surface area contributed by atoms with E-state index in [2.05, 4.69) is 10.2 Å². The first-order chi connectivity index (χ1) is 45.5. The van der Waals surface area contributed by atoms with Gasteiger partial charge in [0.05, 0.1) is 71.7 Å². The van der Waals surface area contributed by atoms with Crippen LogP contribution in [-0.2, 0) is 100 Å². The van der Waals surface area contributed by atoms with E-state index in [1.165, 1.54) is 62.3 Å². The van der Waals surface area contributed by atoms with Gasteiger partial charge in [-0.25, -0.2) is 10.9 Å². The van der Waals surface area contributed by atoms with Crippen molar-refractivity contribution < 1.29 is 354 Å². The van der Waals surface area contributed by atoms with Crippen LogP contribution in [0.25, 0.3) is 0 Å². The van der Waals surface area contributed by atoms with Gasteiger partial charge < -0.3 is 167 Å². The van der Waals surface area contributed by atoms with E-state index in [1.807, 2.05) is 10.9 Å². The quantitative estimate of drug-likeness (QED) is 0.00767. The summed E-state index contributed by atoms with van der Waals surface area (Å²) in [5.41, 5.74) is 0.186. The molecule has 4 aliphatic heterocycles. The number of carboxylic acid groups (broad SMARTS) is 6. The van der Waals surface area contributed by atoms with Crippen molar-refractivity contribution in [3.05, 3.63) is 0 Å². The zero-order valence-electron chi connectivity index (χ0n) is 62.1. The molecule has 0 bridgehead atoms.